The lowest BCUT2D eigenvalue weighted by atomic mass is 9.84. The molecule has 5 N–H and O–H groups in total. The zero-order chi connectivity index (χ0) is 31.0. The molecule has 1 heterocycles. The molecule has 218 valence electrons. The Morgan fingerprint density at radius 2 is 1.60 bits per heavy atom. The third-order valence-electron chi connectivity index (χ3n) is 6.30. The largest absolute Gasteiger partial charge is 0.489 e. The zero-order valence-electron chi connectivity index (χ0n) is 22.4. The molecule has 0 aliphatic rings. The van der Waals surface area contributed by atoms with Crippen molar-refractivity contribution < 1.29 is 27.4 Å². The Hall–Kier alpha value is -5.43. The fourth-order valence-corrected chi connectivity index (χ4v) is 4.05. The summed E-state index contributed by atoms with van der Waals surface area (Å²) in [7, 11) is 0. The van der Waals surface area contributed by atoms with Crippen molar-refractivity contribution in [1.82, 2.24) is 9.99 Å². The van der Waals surface area contributed by atoms with Crippen LogP contribution in [0.5, 0.6) is 5.75 Å². The van der Waals surface area contributed by atoms with Gasteiger partial charge in [0.1, 0.15) is 36.0 Å². The molecule has 4 aromatic rings. The maximum Gasteiger partial charge on any atom is 0.323 e. The molecular formula is C31H24F4N6O2. The maximum atomic E-state index is 15.8. The number of halogens is 4. The average molecular weight is 589 g/mol. The van der Waals surface area contributed by atoms with Gasteiger partial charge in [-0.25, -0.2) is 14.6 Å². The monoisotopic (exact) mass is 588 g/mol. The lowest BCUT2D eigenvalue weighted by Crippen LogP contribution is -2.54. The first kappa shape index (κ1) is 30.5. The van der Waals surface area contributed by atoms with E-state index in [4.69, 9.17) is 21.7 Å². The summed E-state index contributed by atoms with van der Waals surface area (Å²) in [6.45, 7) is -0.804. The molecule has 12 heteroatoms. The molecule has 0 radical (unpaired) electrons. The molecule has 0 aliphatic heterocycles. The van der Waals surface area contributed by atoms with Gasteiger partial charge in [-0.3, -0.25) is 9.99 Å². The van der Waals surface area contributed by atoms with Gasteiger partial charge in [0, 0.05) is 22.9 Å². The number of hydrogen-bond donors (Lipinski definition) is 3. The summed E-state index contributed by atoms with van der Waals surface area (Å²) in [5.41, 5.74) is -3.01. The van der Waals surface area contributed by atoms with E-state index in [1.165, 1.54) is 6.07 Å². The highest BCUT2D eigenvalue weighted by Crippen LogP contribution is 2.46. The predicted molar refractivity (Wildman–Crippen MR) is 150 cm³/mol. The number of hydrazine groups is 1. The van der Waals surface area contributed by atoms with Crippen LogP contribution in [0, 0.1) is 34.8 Å². The van der Waals surface area contributed by atoms with Gasteiger partial charge in [0.25, 0.3) is 0 Å². The van der Waals surface area contributed by atoms with E-state index in [0.717, 1.165) is 30.2 Å². The molecule has 0 aliphatic carbocycles. The number of aliphatic hydroxyl groups is 1. The van der Waals surface area contributed by atoms with Gasteiger partial charge in [-0.1, -0.05) is 24.0 Å². The molecular weight excluding hydrogens is 564 g/mol. The first-order valence-electron chi connectivity index (χ1n) is 12.6. The summed E-state index contributed by atoms with van der Waals surface area (Å²) in [6.07, 6.45) is 1.80. The summed E-state index contributed by atoms with van der Waals surface area (Å²) >= 11 is 0. The Kier molecular flexibility index (Phi) is 9.26. The van der Waals surface area contributed by atoms with Crippen LogP contribution in [-0.4, -0.2) is 28.0 Å². The lowest BCUT2D eigenvalue weighted by Gasteiger charge is -2.37. The molecule has 0 saturated carbocycles. The van der Waals surface area contributed by atoms with Gasteiger partial charge in [-0.05, 0) is 72.3 Å². The van der Waals surface area contributed by atoms with Crippen molar-refractivity contribution in [2.75, 3.05) is 6.54 Å². The summed E-state index contributed by atoms with van der Waals surface area (Å²) in [4.78, 5) is 3.75. The Bertz CT molecular complexity index is 1700. The fraction of sp³-hybridized carbons (Fsp3) is 0.129. The zero-order valence-corrected chi connectivity index (χ0v) is 22.4. The van der Waals surface area contributed by atoms with Crippen LogP contribution in [0.4, 0.5) is 17.6 Å². The van der Waals surface area contributed by atoms with Crippen molar-refractivity contribution >= 4 is 6.34 Å². The van der Waals surface area contributed by atoms with Crippen molar-refractivity contribution in [2.45, 2.75) is 18.1 Å². The normalized spacial score (nSPS) is 12.6. The molecule has 0 spiro atoms. The number of pyridine rings is 1. The van der Waals surface area contributed by atoms with E-state index in [2.05, 4.69) is 28.0 Å². The minimum absolute atomic E-state index is 0.275. The average Bonchev–Trinajstić information content (AvgIpc) is 3.01. The SMILES string of the molecule is N#Cc1ccc(COc2ccc(C#Cc3ccc(C(F)(F)C(O)(CN(N)/C=N\N)c4cc(F)ccc4F)nc3)cc2)cc1. The third-order valence-corrected chi connectivity index (χ3v) is 6.30. The van der Waals surface area contributed by atoms with Gasteiger partial charge in [0.2, 0.25) is 0 Å². The highest BCUT2D eigenvalue weighted by atomic mass is 19.3. The lowest BCUT2D eigenvalue weighted by molar-refractivity contribution is -0.203. The van der Waals surface area contributed by atoms with Gasteiger partial charge in [0.15, 0.2) is 5.60 Å². The number of benzene rings is 3. The standard InChI is InChI=1S/C31H24F4N6O2/c32-25-10-13-28(33)27(15-25)30(42,19-41(38)20-40-37)31(34,35)29-14-9-23(17-39-29)4-1-21-7-11-26(12-8-21)43-18-24-5-2-22(16-36)3-6-24/h2-3,5-15,17,20,42H,18-19,37-38H2/b40-20-. The minimum atomic E-state index is -4.26. The van der Waals surface area contributed by atoms with Crippen molar-refractivity contribution in [1.29, 1.82) is 5.26 Å². The van der Waals surface area contributed by atoms with E-state index in [1.54, 1.807) is 48.5 Å². The molecule has 0 amide bonds. The number of nitrogens with two attached hydrogens (primary N) is 2. The Morgan fingerprint density at radius 3 is 2.23 bits per heavy atom. The van der Waals surface area contributed by atoms with Crippen LogP contribution in [0.25, 0.3) is 0 Å². The molecule has 3 aromatic carbocycles. The number of aromatic nitrogens is 1. The topological polar surface area (TPSA) is 134 Å². The van der Waals surface area contributed by atoms with E-state index < -0.39 is 41.0 Å². The van der Waals surface area contributed by atoms with Crippen LogP contribution >= 0.6 is 0 Å². The summed E-state index contributed by atoms with van der Waals surface area (Å²) in [5.74, 6) is 10.3. The predicted octanol–water partition coefficient (Wildman–Crippen LogP) is 4.27. The van der Waals surface area contributed by atoms with E-state index >= 15 is 8.78 Å². The summed E-state index contributed by atoms with van der Waals surface area (Å²) in [6, 6.07) is 19.9. The van der Waals surface area contributed by atoms with Crippen molar-refractivity contribution in [3.63, 3.8) is 0 Å². The smallest absolute Gasteiger partial charge is 0.323 e. The van der Waals surface area contributed by atoms with Gasteiger partial charge in [-0.2, -0.15) is 19.1 Å². The van der Waals surface area contributed by atoms with Gasteiger partial charge in [0.05, 0.1) is 18.2 Å². The number of hydrogen-bond acceptors (Lipinski definition) is 7. The third kappa shape index (κ3) is 7.08. The molecule has 8 nitrogen and oxygen atoms in total. The Balaban J connectivity index is 1.51. The molecule has 1 atom stereocenters. The second kappa shape index (κ2) is 13.0. The van der Waals surface area contributed by atoms with Crippen LogP contribution in [0.3, 0.4) is 0 Å². The summed E-state index contributed by atoms with van der Waals surface area (Å²) < 4.78 is 65.9. The molecule has 43 heavy (non-hydrogen) atoms. The number of nitriles is 1. The number of alkyl halides is 2. The van der Waals surface area contributed by atoms with Crippen molar-refractivity contribution in [3.8, 4) is 23.7 Å². The van der Waals surface area contributed by atoms with Crippen LogP contribution in [-0.2, 0) is 18.1 Å². The number of rotatable bonds is 9. The Morgan fingerprint density at radius 1 is 0.953 bits per heavy atom. The van der Waals surface area contributed by atoms with E-state index in [-0.39, 0.29) is 5.56 Å². The first-order valence-corrected chi connectivity index (χ1v) is 12.6. The van der Waals surface area contributed by atoms with Crippen molar-refractivity contribution in [3.05, 3.63) is 130 Å². The fourth-order valence-electron chi connectivity index (χ4n) is 4.05. The van der Waals surface area contributed by atoms with Gasteiger partial charge >= 0.3 is 5.92 Å². The molecule has 0 saturated heterocycles. The van der Waals surface area contributed by atoms with Crippen molar-refractivity contribution in [2.24, 2.45) is 16.8 Å². The maximum absolute atomic E-state index is 15.8. The highest BCUT2D eigenvalue weighted by Gasteiger charge is 2.58. The molecule has 4 rings (SSSR count). The van der Waals surface area contributed by atoms with E-state index in [9.17, 15) is 13.9 Å². The molecule has 1 unspecified atom stereocenters. The molecule has 1 aromatic heterocycles. The number of nitrogens with zero attached hydrogens (tertiary/aromatic N) is 4. The number of hydrazone groups is 1. The van der Waals surface area contributed by atoms with Crippen LogP contribution in [0.15, 0.2) is 90.2 Å². The first-order chi connectivity index (χ1) is 20.6. The quantitative estimate of drug-likeness (QED) is 0.0664. The minimum Gasteiger partial charge on any atom is -0.489 e. The molecule has 0 bridgehead atoms. The highest BCUT2D eigenvalue weighted by molar-refractivity contribution is 5.54. The van der Waals surface area contributed by atoms with E-state index in [0.29, 0.717) is 40.6 Å². The van der Waals surface area contributed by atoms with Crippen LogP contribution in [0.2, 0.25) is 0 Å². The van der Waals surface area contributed by atoms with Gasteiger partial charge < -0.3 is 15.7 Å². The molecule has 0 fully saturated rings. The van der Waals surface area contributed by atoms with Crippen LogP contribution < -0.4 is 16.4 Å². The van der Waals surface area contributed by atoms with Gasteiger partial charge in [-0.15, -0.1) is 0 Å². The van der Waals surface area contributed by atoms with Crippen LogP contribution in [0.1, 0.15) is 33.5 Å². The van der Waals surface area contributed by atoms with E-state index in [1.807, 2.05) is 0 Å². The number of ether oxygens (including phenoxy) is 1. The second-order valence-corrected chi connectivity index (χ2v) is 9.30. The second-order valence-electron chi connectivity index (χ2n) is 9.30. The Labute approximate surface area is 244 Å². The summed E-state index contributed by atoms with van der Waals surface area (Å²) in [5, 5.41) is 23.7.